The first kappa shape index (κ1) is 17.3. The number of primary amides is 2. The van der Waals surface area contributed by atoms with E-state index in [4.69, 9.17) is 31.9 Å². The van der Waals surface area contributed by atoms with Gasteiger partial charge in [0.15, 0.2) is 0 Å². The van der Waals surface area contributed by atoms with Crippen LogP contribution in [0.5, 0.6) is 0 Å². The van der Waals surface area contributed by atoms with Crippen molar-refractivity contribution in [1.82, 2.24) is 0 Å². The second kappa shape index (κ2) is 10.4. The van der Waals surface area contributed by atoms with Crippen LogP contribution in [-0.4, -0.2) is 24.0 Å². The highest BCUT2D eigenvalue weighted by Gasteiger charge is 2.02. The first-order chi connectivity index (χ1) is 8.44. The molecule has 0 radical (unpaired) electrons. The molecule has 8 heteroatoms. The number of rotatable bonds is 2. The number of benzene rings is 1. The Hall–Kier alpha value is -3.08. The van der Waals surface area contributed by atoms with Gasteiger partial charge >= 0.3 is 0 Å². The van der Waals surface area contributed by atoms with Gasteiger partial charge in [-0.25, -0.2) is 20.4 Å². The molecule has 8 nitrogen and oxygen atoms in total. The van der Waals surface area contributed by atoms with Gasteiger partial charge in [0.2, 0.25) is 24.0 Å². The zero-order valence-corrected chi connectivity index (χ0v) is 9.10. The van der Waals surface area contributed by atoms with Gasteiger partial charge in [0.1, 0.15) is 0 Å². The molecule has 2 amide bonds. The van der Waals surface area contributed by atoms with Crippen molar-refractivity contribution in [2.45, 2.75) is 0 Å². The molecule has 1 rings (SSSR count). The van der Waals surface area contributed by atoms with E-state index < -0.39 is 11.8 Å². The topological polar surface area (TPSA) is 168 Å². The van der Waals surface area contributed by atoms with Gasteiger partial charge in [-0.2, -0.15) is 0 Å². The van der Waals surface area contributed by atoms with Crippen LogP contribution in [0.2, 0.25) is 0 Å². The molecule has 0 bridgehead atoms. The second-order valence-electron chi connectivity index (χ2n) is 2.51. The summed E-state index contributed by atoms with van der Waals surface area (Å²) in [5, 5.41) is 10.8. The molecule has 0 unspecified atom stereocenters. The van der Waals surface area contributed by atoms with Gasteiger partial charge in [-0.1, -0.05) is 0 Å². The molecule has 18 heavy (non-hydrogen) atoms. The smallest absolute Gasteiger partial charge is 0.248 e. The van der Waals surface area contributed by atoms with Gasteiger partial charge in [0, 0.05) is 11.1 Å². The number of isocyanates is 2. The average Bonchev–Trinajstić information content (AvgIpc) is 2.31. The minimum Gasteiger partial charge on any atom is -0.366 e. The van der Waals surface area contributed by atoms with Crippen molar-refractivity contribution in [2.24, 2.45) is 11.5 Å². The lowest BCUT2D eigenvalue weighted by atomic mass is 10.1. The highest BCUT2D eigenvalue weighted by Crippen LogP contribution is 2.02. The van der Waals surface area contributed by atoms with E-state index in [1.807, 2.05) is 0 Å². The SMILES string of the molecule is N=C=O.N=C=O.NC(=O)c1ccc(C(N)=O)cc1. The van der Waals surface area contributed by atoms with Gasteiger partial charge in [0.25, 0.3) is 0 Å². The molecular weight excluding hydrogens is 240 g/mol. The summed E-state index contributed by atoms with van der Waals surface area (Å²) in [6.45, 7) is 0. The van der Waals surface area contributed by atoms with Gasteiger partial charge in [-0.15, -0.1) is 0 Å². The average molecular weight is 250 g/mol. The third-order valence-corrected chi connectivity index (χ3v) is 1.45. The van der Waals surface area contributed by atoms with Crippen molar-refractivity contribution >= 4 is 24.0 Å². The Balaban J connectivity index is 0. The van der Waals surface area contributed by atoms with E-state index in [0.717, 1.165) is 12.2 Å². The molecule has 0 atom stereocenters. The van der Waals surface area contributed by atoms with Crippen LogP contribution in [-0.2, 0) is 9.59 Å². The van der Waals surface area contributed by atoms with Gasteiger partial charge in [-0.05, 0) is 24.3 Å². The molecule has 0 fully saturated rings. The molecule has 6 N–H and O–H groups in total. The molecule has 0 aromatic heterocycles. The molecule has 94 valence electrons. The summed E-state index contributed by atoms with van der Waals surface area (Å²) in [4.78, 5) is 37.9. The van der Waals surface area contributed by atoms with Crippen LogP contribution in [0.15, 0.2) is 24.3 Å². The van der Waals surface area contributed by atoms with Gasteiger partial charge < -0.3 is 11.5 Å². The number of nitrogens with one attached hydrogen (secondary N) is 2. The van der Waals surface area contributed by atoms with Crippen LogP contribution in [0, 0.1) is 10.8 Å². The summed E-state index contributed by atoms with van der Waals surface area (Å²) in [6.07, 6.45) is 1.50. The van der Waals surface area contributed by atoms with Crippen molar-refractivity contribution in [1.29, 1.82) is 10.8 Å². The van der Waals surface area contributed by atoms with E-state index in [1.165, 1.54) is 24.3 Å². The molecule has 0 aliphatic rings. The zero-order chi connectivity index (χ0) is 14.6. The summed E-state index contributed by atoms with van der Waals surface area (Å²) in [6, 6.07) is 5.84. The molecule has 0 saturated carbocycles. The summed E-state index contributed by atoms with van der Waals surface area (Å²) in [7, 11) is 0. The summed E-state index contributed by atoms with van der Waals surface area (Å²) in [5.41, 5.74) is 10.7. The summed E-state index contributed by atoms with van der Waals surface area (Å²) >= 11 is 0. The molecule has 1 aromatic rings. The number of hydrogen-bond acceptors (Lipinski definition) is 6. The third kappa shape index (κ3) is 8.25. The predicted molar refractivity (Wildman–Crippen MR) is 60.3 cm³/mol. The Morgan fingerprint density at radius 2 is 1.00 bits per heavy atom. The van der Waals surface area contributed by atoms with E-state index in [-0.39, 0.29) is 0 Å². The van der Waals surface area contributed by atoms with E-state index in [9.17, 15) is 9.59 Å². The first-order valence-electron chi connectivity index (χ1n) is 4.22. The van der Waals surface area contributed by atoms with E-state index in [2.05, 4.69) is 0 Å². The fourth-order valence-electron chi connectivity index (χ4n) is 0.799. The van der Waals surface area contributed by atoms with E-state index in [1.54, 1.807) is 0 Å². The maximum atomic E-state index is 10.6. The standard InChI is InChI=1S/C8H8N2O2.2CHNO/c9-7(11)5-1-2-6(4-3-5)8(10)12;2*2-1-3/h1-4H,(H2,9,11)(H2,10,12);2*2H. The third-order valence-electron chi connectivity index (χ3n) is 1.45. The molecule has 0 spiro atoms. The largest absolute Gasteiger partial charge is 0.366 e. The monoisotopic (exact) mass is 250 g/mol. The van der Waals surface area contributed by atoms with Crippen molar-refractivity contribution in [3.05, 3.63) is 35.4 Å². The normalized spacial score (nSPS) is 7.11. The molecule has 0 heterocycles. The van der Waals surface area contributed by atoms with Crippen LogP contribution in [0.1, 0.15) is 20.7 Å². The highest BCUT2D eigenvalue weighted by atomic mass is 16.1. The zero-order valence-electron chi connectivity index (χ0n) is 9.10. The summed E-state index contributed by atoms with van der Waals surface area (Å²) in [5.74, 6) is -1.04. The fraction of sp³-hybridized carbons (Fsp3) is 0. The fourth-order valence-corrected chi connectivity index (χ4v) is 0.799. The lowest BCUT2D eigenvalue weighted by molar-refractivity contribution is 0.0988. The van der Waals surface area contributed by atoms with Crippen LogP contribution >= 0.6 is 0 Å². The van der Waals surface area contributed by atoms with Crippen molar-refractivity contribution in [3.8, 4) is 0 Å². The minimum atomic E-state index is -0.522. The first-order valence-corrected chi connectivity index (χ1v) is 4.22. The highest BCUT2D eigenvalue weighted by molar-refractivity contribution is 5.96. The van der Waals surface area contributed by atoms with Crippen molar-refractivity contribution in [3.63, 3.8) is 0 Å². The number of carbonyl (C=O) groups is 2. The van der Waals surface area contributed by atoms with Crippen LogP contribution < -0.4 is 11.5 Å². The van der Waals surface area contributed by atoms with Crippen LogP contribution in [0.3, 0.4) is 0 Å². The number of nitrogens with two attached hydrogens (primary N) is 2. The Kier molecular flexibility index (Phi) is 10.0. The molecule has 0 aliphatic carbocycles. The lowest BCUT2D eigenvalue weighted by Crippen LogP contribution is -2.13. The lowest BCUT2D eigenvalue weighted by Gasteiger charge is -1.96. The number of hydrogen-bond donors (Lipinski definition) is 4. The maximum Gasteiger partial charge on any atom is 0.248 e. The quantitative estimate of drug-likeness (QED) is 0.417. The number of carbonyl (C=O) groups excluding carboxylic acids is 4. The Bertz CT molecular complexity index is 424. The van der Waals surface area contributed by atoms with Crippen molar-refractivity contribution in [2.75, 3.05) is 0 Å². The van der Waals surface area contributed by atoms with E-state index >= 15 is 0 Å². The molecule has 0 aliphatic heterocycles. The van der Waals surface area contributed by atoms with Gasteiger partial charge in [0.05, 0.1) is 0 Å². The predicted octanol–water partition coefficient (Wildman–Crippen LogP) is -0.314. The minimum absolute atomic E-state index is 0.361. The Morgan fingerprint density at radius 1 is 0.833 bits per heavy atom. The van der Waals surface area contributed by atoms with Gasteiger partial charge in [-0.3, -0.25) is 9.59 Å². The number of amides is 2. The Labute approximate surface area is 102 Å². The Morgan fingerprint density at radius 3 is 1.11 bits per heavy atom. The summed E-state index contributed by atoms with van der Waals surface area (Å²) < 4.78 is 0. The molecule has 1 aromatic carbocycles. The van der Waals surface area contributed by atoms with Crippen LogP contribution in [0.4, 0.5) is 0 Å². The van der Waals surface area contributed by atoms with Crippen LogP contribution in [0.25, 0.3) is 0 Å². The molecule has 0 saturated heterocycles. The molecular formula is C10H10N4O4. The maximum absolute atomic E-state index is 10.6. The van der Waals surface area contributed by atoms with Crippen molar-refractivity contribution < 1.29 is 19.2 Å². The second-order valence-corrected chi connectivity index (χ2v) is 2.51. The van der Waals surface area contributed by atoms with E-state index in [0.29, 0.717) is 11.1 Å².